The van der Waals surface area contributed by atoms with Crippen molar-refractivity contribution in [3.05, 3.63) is 112 Å². The van der Waals surface area contributed by atoms with Gasteiger partial charge in [0.15, 0.2) is 5.82 Å². The number of halogens is 5. The van der Waals surface area contributed by atoms with Crippen LogP contribution in [0.15, 0.2) is 60.7 Å². The Labute approximate surface area is 253 Å². The molecule has 1 aliphatic rings. The van der Waals surface area contributed by atoms with Gasteiger partial charge in [-0.3, -0.25) is 4.39 Å². The molecule has 0 spiro atoms. The number of carbonyl (C=O) groups is 1. The van der Waals surface area contributed by atoms with Crippen LogP contribution in [-0.4, -0.2) is 32.3 Å². The molecular formula is C33H23F5N4O3. The molecule has 0 radical (unpaired) electrons. The number of benzene rings is 3. The number of aromatic nitrogens is 3. The summed E-state index contributed by atoms with van der Waals surface area (Å²) in [7, 11) is 0. The summed E-state index contributed by atoms with van der Waals surface area (Å²) in [6.07, 6.45) is 0.855. The Morgan fingerprint density at radius 2 is 1.73 bits per heavy atom. The molecule has 45 heavy (non-hydrogen) atoms. The number of aromatic carboxylic acids is 1. The number of imidazole rings is 1. The Kier molecular flexibility index (Phi) is 7.70. The van der Waals surface area contributed by atoms with Crippen LogP contribution >= 0.6 is 0 Å². The molecule has 0 atom stereocenters. The molecule has 12 heteroatoms. The highest BCUT2D eigenvalue weighted by molar-refractivity contribution is 5.92. The Morgan fingerprint density at radius 3 is 2.42 bits per heavy atom. The topological polar surface area (TPSA) is 101 Å². The van der Waals surface area contributed by atoms with E-state index in [1.165, 1.54) is 41.0 Å². The summed E-state index contributed by atoms with van der Waals surface area (Å²) in [6.45, 7) is -0.796. The van der Waals surface area contributed by atoms with Gasteiger partial charge in [-0.15, -0.1) is 0 Å². The normalized spacial score (nSPS) is 13.5. The number of pyridine rings is 1. The molecule has 1 saturated carbocycles. The maximum atomic E-state index is 15.5. The predicted octanol–water partition coefficient (Wildman–Crippen LogP) is 7.14. The Hall–Kier alpha value is -5.31. The first-order valence-corrected chi connectivity index (χ1v) is 13.8. The van der Waals surface area contributed by atoms with Crippen molar-refractivity contribution >= 4 is 17.0 Å². The number of nitriles is 1. The van der Waals surface area contributed by atoms with Crippen molar-refractivity contribution in [2.75, 3.05) is 6.67 Å². The van der Waals surface area contributed by atoms with Crippen molar-refractivity contribution in [3.8, 4) is 23.2 Å². The van der Waals surface area contributed by atoms with Crippen molar-refractivity contribution in [1.82, 2.24) is 14.5 Å². The van der Waals surface area contributed by atoms with Crippen LogP contribution < -0.4 is 4.74 Å². The zero-order valence-corrected chi connectivity index (χ0v) is 23.5. The highest BCUT2D eigenvalue weighted by Crippen LogP contribution is 2.48. The van der Waals surface area contributed by atoms with Gasteiger partial charge in [0.1, 0.15) is 35.4 Å². The fraction of sp³-hybridized carbons (Fsp3) is 0.212. The van der Waals surface area contributed by atoms with Gasteiger partial charge in [-0.05, 0) is 60.9 Å². The SMILES string of the molecule is N#Cc1ccc(COc2cccc(-c3cc(F)c(Cc4nc5c(F)cc(C(=O)O)cc5n4CC4(CF)CC4)cc3F)n2)c(F)c1. The molecular weight excluding hydrogens is 595 g/mol. The van der Waals surface area contributed by atoms with Gasteiger partial charge in [-0.1, -0.05) is 12.1 Å². The summed E-state index contributed by atoms with van der Waals surface area (Å²) in [5.74, 6) is -4.37. The first kappa shape index (κ1) is 29.7. The van der Waals surface area contributed by atoms with Crippen LogP contribution in [0.5, 0.6) is 5.88 Å². The molecule has 3 aromatic carbocycles. The van der Waals surface area contributed by atoms with E-state index in [2.05, 4.69) is 9.97 Å². The van der Waals surface area contributed by atoms with Crippen LogP contribution in [0.4, 0.5) is 22.0 Å². The number of fused-ring (bicyclic) bond motifs is 1. The fourth-order valence-corrected chi connectivity index (χ4v) is 5.13. The van der Waals surface area contributed by atoms with Crippen molar-refractivity contribution in [1.29, 1.82) is 5.26 Å². The highest BCUT2D eigenvalue weighted by Gasteiger charge is 2.44. The molecule has 7 nitrogen and oxygen atoms in total. The third-order valence-corrected chi connectivity index (χ3v) is 7.91. The van der Waals surface area contributed by atoms with E-state index in [4.69, 9.17) is 10.00 Å². The maximum Gasteiger partial charge on any atom is 0.335 e. The molecule has 0 amide bonds. The van der Waals surface area contributed by atoms with Crippen LogP contribution in [0.2, 0.25) is 0 Å². The second-order valence-corrected chi connectivity index (χ2v) is 11.0. The number of rotatable bonds is 10. The van der Waals surface area contributed by atoms with E-state index in [0.717, 1.165) is 24.3 Å². The molecule has 1 fully saturated rings. The Bertz CT molecular complexity index is 2020. The van der Waals surface area contributed by atoms with Gasteiger partial charge in [0.25, 0.3) is 0 Å². The van der Waals surface area contributed by atoms with Crippen molar-refractivity contribution in [2.45, 2.75) is 32.4 Å². The Balaban J connectivity index is 1.29. The number of nitrogens with zero attached hydrogens (tertiary/aromatic N) is 4. The summed E-state index contributed by atoms with van der Waals surface area (Å²) in [4.78, 5) is 20.1. The lowest BCUT2D eigenvalue weighted by Crippen LogP contribution is -2.16. The second kappa shape index (κ2) is 11.6. The molecule has 1 aliphatic carbocycles. The van der Waals surface area contributed by atoms with E-state index in [9.17, 15) is 23.1 Å². The van der Waals surface area contributed by atoms with Crippen LogP contribution in [0, 0.1) is 40.0 Å². The maximum absolute atomic E-state index is 15.5. The van der Waals surface area contributed by atoms with Crippen LogP contribution in [0.1, 0.15) is 45.7 Å². The lowest BCUT2D eigenvalue weighted by Gasteiger charge is -2.16. The van der Waals surface area contributed by atoms with E-state index < -0.39 is 41.3 Å². The van der Waals surface area contributed by atoms with Gasteiger partial charge in [-0.2, -0.15) is 5.26 Å². The predicted molar refractivity (Wildman–Crippen MR) is 152 cm³/mol. The summed E-state index contributed by atoms with van der Waals surface area (Å²) >= 11 is 0. The smallest absolute Gasteiger partial charge is 0.335 e. The fourth-order valence-electron chi connectivity index (χ4n) is 5.13. The molecule has 5 aromatic rings. The molecule has 2 heterocycles. The third kappa shape index (κ3) is 5.93. The molecule has 6 rings (SSSR count). The molecule has 0 unspecified atom stereocenters. The summed E-state index contributed by atoms with van der Waals surface area (Å²) in [6, 6.07) is 14.2. The van der Waals surface area contributed by atoms with E-state index in [1.807, 2.05) is 6.07 Å². The second-order valence-electron chi connectivity index (χ2n) is 11.0. The van der Waals surface area contributed by atoms with Gasteiger partial charge >= 0.3 is 5.97 Å². The zero-order chi connectivity index (χ0) is 31.9. The minimum atomic E-state index is -1.36. The van der Waals surface area contributed by atoms with Gasteiger partial charge < -0.3 is 14.4 Å². The minimum Gasteiger partial charge on any atom is -0.478 e. The number of carboxylic acids is 1. The van der Waals surface area contributed by atoms with Crippen molar-refractivity contribution < 1.29 is 36.6 Å². The summed E-state index contributed by atoms with van der Waals surface area (Å²) in [5.41, 5.74) is -0.967. The van der Waals surface area contributed by atoms with Crippen LogP contribution in [-0.2, 0) is 19.6 Å². The van der Waals surface area contributed by atoms with Gasteiger partial charge in [0.2, 0.25) is 5.88 Å². The number of ether oxygens (including phenoxy) is 1. The van der Waals surface area contributed by atoms with Gasteiger partial charge in [0.05, 0.1) is 35.1 Å². The average Bonchev–Trinajstić information content (AvgIpc) is 3.73. The third-order valence-electron chi connectivity index (χ3n) is 7.91. The standard InChI is InChI=1S/C33H23F5N4O3/c34-16-33(6-7-33)17-42-28-11-21(32(43)44)10-26(38)31(28)41-29(42)12-20-9-25(37)22(13-24(20)36)27-2-1-3-30(40-27)45-15-19-5-4-18(14-39)8-23(19)35/h1-5,8-11,13H,6-7,12,15-17H2,(H,43,44). The first-order valence-electron chi connectivity index (χ1n) is 13.8. The van der Waals surface area contributed by atoms with Gasteiger partial charge in [-0.25, -0.2) is 32.3 Å². The average molecular weight is 619 g/mol. The highest BCUT2D eigenvalue weighted by atomic mass is 19.1. The van der Waals surface area contributed by atoms with Crippen LogP contribution in [0.3, 0.4) is 0 Å². The zero-order valence-electron chi connectivity index (χ0n) is 23.5. The number of carboxylic acid groups (broad SMARTS) is 1. The van der Waals surface area contributed by atoms with E-state index in [-0.39, 0.29) is 75.8 Å². The van der Waals surface area contributed by atoms with Crippen molar-refractivity contribution in [2.24, 2.45) is 5.41 Å². The molecule has 228 valence electrons. The number of alkyl halides is 1. The number of hydrogen-bond donors (Lipinski definition) is 1. The Morgan fingerprint density at radius 1 is 0.956 bits per heavy atom. The van der Waals surface area contributed by atoms with Gasteiger partial charge in [0, 0.05) is 35.6 Å². The molecule has 0 saturated heterocycles. The quantitative estimate of drug-likeness (QED) is 0.167. The van der Waals surface area contributed by atoms with Crippen LogP contribution in [0.25, 0.3) is 22.3 Å². The molecule has 0 bridgehead atoms. The van der Waals surface area contributed by atoms with E-state index in [0.29, 0.717) is 12.8 Å². The summed E-state index contributed by atoms with van der Waals surface area (Å²) < 4.78 is 80.9. The lowest BCUT2D eigenvalue weighted by atomic mass is 10.0. The molecule has 2 aromatic heterocycles. The molecule has 1 N–H and O–H groups in total. The monoisotopic (exact) mass is 618 g/mol. The van der Waals surface area contributed by atoms with E-state index >= 15 is 8.78 Å². The first-order chi connectivity index (χ1) is 21.6. The number of hydrogen-bond acceptors (Lipinski definition) is 5. The van der Waals surface area contributed by atoms with Crippen molar-refractivity contribution in [3.63, 3.8) is 0 Å². The lowest BCUT2D eigenvalue weighted by molar-refractivity contribution is 0.0696. The molecule has 0 aliphatic heterocycles. The minimum absolute atomic E-state index is 0.0264. The largest absolute Gasteiger partial charge is 0.478 e. The summed E-state index contributed by atoms with van der Waals surface area (Å²) in [5, 5.41) is 18.3. The van der Waals surface area contributed by atoms with E-state index in [1.54, 1.807) is 0 Å².